The Morgan fingerprint density at radius 2 is 1.48 bits per heavy atom. The predicted octanol–water partition coefficient (Wildman–Crippen LogP) is 6.49. The number of hydrogen-bond acceptors (Lipinski definition) is 4. The van der Waals surface area contributed by atoms with Gasteiger partial charge in [-0.2, -0.15) is 0 Å². The average molecular weight is 379 g/mol. The molecule has 1 aromatic rings. The zero-order valence-electron chi connectivity index (χ0n) is 18.0. The predicted molar refractivity (Wildman–Crippen MR) is 115 cm³/mol. The number of methoxy groups -OCH3 is 1. The van der Waals surface area contributed by atoms with Crippen molar-refractivity contribution in [3.63, 3.8) is 0 Å². The van der Waals surface area contributed by atoms with Crippen molar-refractivity contribution in [2.75, 3.05) is 20.8 Å². The van der Waals surface area contributed by atoms with Crippen molar-refractivity contribution in [1.82, 2.24) is 5.06 Å². The molecule has 0 bridgehead atoms. The van der Waals surface area contributed by atoms with Crippen LogP contribution in [0.4, 0.5) is 0 Å². The third-order valence-corrected chi connectivity index (χ3v) is 4.96. The number of unbranched alkanes of at least 4 members (excludes halogenated alkanes) is 9. The van der Waals surface area contributed by atoms with Crippen molar-refractivity contribution in [2.24, 2.45) is 0 Å². The molecule has 0 amide bonds. The maximum atomic E-state index is 11.5. The fourth-order valence-electron chi connectivity index (χ4n) is 3.36. The van der Waals surface area contributed by atoms with Gasteiger partial charge in [-0.05, 0) is 31.5 Å². The number of ether oxygens (including phenoxy) is 2. The molecule has 0 radical (unpaired) electrons. The molecular weight excluding hydrogens is 338 g/mol. The summed E-state index contributed by atoms with van der Waals surface area (Å²) >= 11 is 0. The van der Waals surface area contributed by atoms with Crippen molar-refractivity contribution in [1.29, 1.82) is 0 Å². The molecule has 0 atom stereocenters. The van der Waals surface area contributed by atoms with Gasteiger partial charge in [-0.1, -0.05) is 77.7 Å². The normalized spacial score (nSPS) is 11.2. The minimum absolute atomic E-state index is 0.317. The first kappa shape index (κ1) is 23.8. The lowest BCUT2D eigenvalue weighted by molar-refractivity contribution is 0.277. The second-order valence-electron chi connectivity index (χ2n) is 7.46. The summed E-state index contributed by atoms with van der Waals surface area (Å²) in [5.41, 5.74) is 2.07. The van der Waals surface area contributed by atoms with Crippen LogP contribution in [0, 0.1) is 5.21 Å². The third-order valence-electron chi connectivity index (χ3n) is 4.96. The van der Waals surface area contributed by atoms with E-state index in [0.717, 1.165) is 40.5 Å². The summed E-state index contributed by atoms with van der Waals surface area (Å²) in [6.07, 6.45) is 14.0. The number of rotatable bonds is 16. The van der Waals surface area contributed by atoms with Crippen LogP contribution in [-0.4, -0.2) is 25.8 Å². The Labute approximate surface area is 166 Å². The molecule has 156 valence electrons. The highest BCUT2D eigenvalue weighted by molar-refractivity contribution is 5.49. The van der Waals surface area contributed by atoms with Gasteiger partial charge >= 0.3 is 0 Å². The van der Waals surface area contributed by atoms with Gasteiger partial charge in [0.15, 0.2) is 11.5 Å². The fourth-order valence-corrected chi connectivity index (χ4v) is 3.36. The van der Waals surface area contributed by atoms with Gasteiger partial charge in [0.25, 0.3) is 0 Å². The monoisotopic (exact) mass is 378 g/mol. The molecule has 0 heterocycles. The molecule has 0 aromatic heterocycles. The molecule has 0 unspecified atom stereocenters. The van der Waals surface area contributed by atoms with Gasteiger partial charge < -0.3 is 19.7 Å². The number of hydrogen-bond donors (Lipinski definition) is 0. The van der Waals surface area contributed by atoms with Crippen molar-refractivity contribution in [3.05, 3.63) is 28.5 Å². The van der Waals surface area contributed by atoms with E-state index in [1.807, 2.05) is 6.07 Å². The Hall–Kier alpha value is -1.26. The summed E-state index contributed by atoms with van der Waals surface area (Å²) in [4.78, 5) is 0. The highest BCUT2D eigenvalue weighted by atomic mass is 16.5. The molecule has 1 rings (SSSR count). The van der Waals surface area contributed by atoms with E-state index in [4.69, 9.17) is 9.47 Å². The lowest BCUT2D eigenvalue weighted by atomic mass is 10.1. The molecule has 0 spiro atoms. The summed E-state index contributed by atoms with van der Waals surface area (Å²) in [6, 6.07) is 4.08. The number of benzene rings is 1. The Balaban J connectivity index is 2.36. The minimum atomic E-state index is 0.317. The Morgan fingerprint density at radius 3 is 2.00 bits per heavy atom. The maximum Gasteiger partial charge on any atom is 0.165 e. The fraction of sp³-hybridized carbons (Fsp3) is 0.739. The molecule has 4 heteroatoms. The molecule has 0 aliphatic carbocycles. The molecule has 0 N–H and O–H groups in total. The number of hydroxylamine groups is 2. The summed E-state index contributed by atoms with van der Waals surface area (Å²) < 4.78 is 11.6. The lowest BCUT2D eigenvalue weighted by Crippen LogP contribution is -2.11. The van der Waals surface area contributed by atoms with E-state index in [1.54, 1.807) is 7.11 Å². The highest BCUT2D eigenvalue weighted by Gasteiger charge is 2.13. The molecule has 0 saturated carbocycles. The SMILES string of the molecule is CCCCCCCCCCCCOc1c(CN(C)[O-])cc(CC)cc1OC. The van der Waals surface area contributed by atoms with Gasteiger partial charge in [0.05, 0.1) is 13.7 Å². The summed E-state index contributed by atoms with van der Waals surface area (Å²) in [6.45, 7) is 5.35. The molecule has 0 aliphatic rings. The molecule has 0 saturated heterocycles. The first-order chi connectivity index (χ1) is 13.1. The maximum absolute atomic E-state index is 11.5. The van der Waals surface area contributed by atoms with E-state index in [2.05, 4.69) is 19.9 Å². The van der Waals surface area contributed by atoms with Crippen LogP contribution in [0.3, 0.4) is 0 Å². The lowest BCUT2D eigenvalue weighted by Gasteiger charge is -2.25. The van der Waals surface area contributed by atoms with Crippen molar-refractivity contribution in [2.45, 2.75) is 91.0 Å². The third kappa shape index (κ3) is 10.0. The Bertz CT molecular complexity index is 503. The quantitative estimate of drug-likeness (QED) is 0.244. The van der Waals surface area contributed by atoms with Crippen LogP contribution in [0.1, 0.15) is 89.2 Å². The van der Waals surface area contributed by atoms with Gasteiger partial charge in [0.1, 0.15) is 0 Å². The smallest absolute Gasteiger partial charge is 0.165 e. The first-order valence-corrected chi connectivity index (χ1v) is 10.8. The van der Waals surface area contributed by atoms with Crippen molar-refractivity contribution >= 4 is 0 Å². The summed E-state index contributed by atoms with van der Waals surface area (Å²) in [5, 5.41) is 12.5. The van der Waals surface area contributed by atoms with Crippen molar-refractivity contribution < 1.29 is 9.47 Å². The molecule has 27 heavy (non-hydrogen) atoms. The van der Waals surface area contributed by atoms with E-state index in [1.165, 1.54) is 64.8 Å². The van der Waals surface area contributed by atoms with Crippen LogP contribution in [0.25, 0.3) is 0 Å². The standard InChI is InChI=1S/C23H40NO3/c1-5-7-8-9-10-11-12-13-14-15-16-27-23-21(19-24(3)25)17-20(6-2)18-22(23)26-4/h17-18H,5-16,19H2,1-4H3/q-1. The van der Waals surface area contributed by atoms with Crippen LogP contribution >= 0.6 is 0 Å². The molecular formula is C23H40NO3-. The average Bonchev–Trinajstić information content (AvgIpc) is 2.66. The van der Waals surface area contributed by atoms with E-state index < -0.39 is 0 Å². The second-order valence-corrected chi connectivity index (χ2v) is 7.46. The molecule has 0 fully saturated rings. The first-order valence-electron chi connectivity index (χ1n) is 10.8. The van der Waals surface area contributed by atoms with Gasteiger partial charge in [-0.25, -0.2) is 0 Å². The van der Waals surface area contributed by atoms with Gasteiger partial charge in [-0.15, -0.1) is 0 Å². The molecule has 1 aromatic carbocycles. The van der Waals surface area contributed by atoms with Crippen LogP contribution < -0.4 is 9.47 Å². The van der Waals surface area contributed by atoms with Crippen LogP contribution in [0.5, 0.6) is 11.5 Å². The van der Waals surface area contributed by atoms with Gasteiger partial charge in [0.2, 0.25) is 0 Å². The van der Waals surface area contributed by atoms with Gasteiger partial charge in [0, 0.05) is 12.1 Å². The highest BCUT2D eigenvalue weighted by Crippen LogP contribution is 2.34. The van der Waals surface area contributed by atoms with E-state index in [-0.39, 0.29) is 0 Å². The second kappa shape index (κ2) is 14.8. The summed E-state index contributed by atoms with van der Waals surface area (Å²) in [7, 11) is 3.20. The van der Waals surface area contributed by atoms with E-state index >= 15 is 0 Å². The molecule has 0 aliphatic heterocycles. The summed E-state index contributed by atoms with van der Waals surface area (Å²) in [5.74, 6) is 1.46. The minimum Gasteiger partial charge on any atom is -0.785 e. The number of aryl methyl sites for hydroxylation is 1. The number of nitrogens with zero attached hydrogens (tertiary/aromatic N) is 1. The topological polar surface area (TPSA) is 44.8 Å². The van der Waals surface area contributed by atoms with Crippen LogP contribution in [0.15, 0.2) is 12.1 Å². The Morgan fingerprint density at radius 1 is 0.889 bits per heavy atom. The van der Waals surface area contributed by atoms with Crippen molar-refractivity contribution in [3.8, 4) is 11.5 Å². The van der Waals surface area contributed by atoms with Gasteiger partial charge in [-0.3, -0.25) is 0 Å². The molecule has 4 nitrogen and oxygen atoms in total. The zero-order valence-corrected chi connectivity index (χ0v) is 18.0. The largest absolute Gasteiger partial charge is 0.785 e. The van der Waals surface area contributed by atoms with Crippen LogP contribution in [-0.2, 0) is 13.0 Å². The van der Waals surface area contributed by atoms with E-state index in [9.17, 15) is 5.21 Å². The van der Waals surface area contributed by atoms with Crippen LogP contribution in [0.2, 0.25) is 0 Å². The Kier molecular flexibility index (Phi) is 13.0. The zero-order chi connectivity index (χ0) is 19.9. The van der Waals surface area contributed by atoms with E-state index in [0.29, 0.717) is 13.2 Å².